The second kappa shape index (κ2) is 9.13. The molecule has 0 bridgehead atoms. The van der Waals surface area contributed by atoms with Crippen LogP contribution < -0.4 is 4.74 Å². The number of hydrogen-bond donors (Lipinski definition) is 0. The van der Waals surface area contributed by atoms with E-state index >= 15 is 0 Å². The van der Waals surface area contributed by atoms with E-state index in [1.807, 2.05) is 0 Å². The van der Waals surface area contributed by atoms with E-state index in [1.165, 1.54) is 30.0 Å². The van der Waals surface area contributed by atoms with Crippen LogP contribution in [-0.2, 0) is 0 Å². The monoisotopic (exact) mass is 386 g/mol. The molecule has 2 aromatic carbocycles. The van der Waals surface area contributed by atoms with Crippen LogP contribution in [0.3, 0.4) is 0 Å². The van der Waals surface area contributed by atoms with Gasteiger partial charge in [0, 0.05) is 5.56 Å². The van der Waals surface area contributed by atoms with E-state index in [0.717, 1.165) is 32.1 Å². The molecule has 0 N–H and O–H groups in total. The molecular weight excluding hydrogens is 361 g/mol. The fourth-order valence-electron chi connectivity index (χ4n) is 3.73. The normalized spacial score (nSPS) is 17.0. The molecule has 4 heteroatoms. The average molecular weight is 386 g/mol. The maximum absolute atomic E-state index is 14.8. The van der Waals surface area contributed by atoms with Crippen molar-refractivity contribution in [3.8, 4) is 16.9 Å². The van der Waals surface area contributed by atoms with Crippen molar-refractivity contribution in [1.29, 1.82) is 0 Å². The summed E-state index contributed by atoms with van der Waals surface area (Å²) in [6.45, 7) is 3.87. The molecule has 0 aliphatic heterocycles. The molecule has 0 saturated heterocycles. The van der Waals surface area contributed by atoms with Gasteiger partial charge in [-0.3, -0.25) is 0 Å². The van der Waals surface area contributed by atoms with E-state index in [1.54, 1.807) is 25.1 Å². The molecule has 0 spiro atoms. The topological polar surface area (TPSA) is 9.23 Å². The van der Waals surface area contributed by atoms with Crippen molar-refractivity contribution in [2.45, 2.75) is 51.9 Å². The molecule has 1 nitrogen and oxygen atoms in total. The Kier molecular flexibility index (Phi) is 6.61. The largest absolute Gasteiger partial charge is 0.462 e. The first-order valence-corrected chi connectivity index (χ1v) is 9.78. The Balaban J connectivity index is 1.84. The summed E-state index contributed by atoms with van der Waals surface area (Å²) in [6, 6.07) is 7.42. The number of hydrogen-bond acceptors (Lipinski definition) is 1. The lowest BCUT2D eigenvalue weighted by Gasteiger charge is -2.23. The van der Waals surface area contributed by atoms with Crippen LogP contribution in [0.25, 0.3) is 11.1 Å². The van der Waals surface area contributed by atoms with E-state index in [4.69, 9.17) is 4.74 Å². The van der Waals surface area contributed by atoms with E-state index in [0.29, 0.717) is 11.1 Å². The third-order valence-electron chi connectivity index (χ3n) is 5.21. The van der Waals surface area contributed by atoms with Gasteiger partial charge in [0.15, 0.2) is 11.6 Å². The van der Waals surface area contributed by atoms with Crippen molar-refractivity contribution >= 4 is 0 Å². The van der Waals surface area contributed by atoms with Crippen LogP contribution in [-0.4, -0.2) is 0 Å². The minimum Gasteiger partial charge on any atom is -0.462 e. The Labute approximate surface area is 164 Å². The Morgan fingerprint density at radius 1 is 1.11 bits per heavy atom. The van der Waals surface area contributed by atoms with Gasteiger partial charge >= 0.3 is 0 Å². The first-order chi connectivity index (χ1) is 13.5. The summed E-state index contributed by atoms with van der Waals surface area (Å²) in [5.41, 5.74) is 2.43. The second-order valence-electron chi connectivity index (χ2n) is 7.15. The molecule has 0 saturated carbocycles. The minimum absolute atomic E-state index is 0.0181. The maximum Gasteiger partial charge on any atom is 0.201 e. The van der Waals surface area contributed by atoms with Gasteiger partial charge in [-0.15, -0.1) is 0 Å². The molecule has 1 unspecified atom stereocenters. The first kappa shape index (κ1) is 20.2. The SMILES string of the molecule is CC=COc1ccc(-c2ccc(C3CC=C(CCC)CC3)c(F)c2)c(F)c1F. The van der Waals surface area contributed by atoms with Crippen LogP contribution in [0.2, 0.25) is 0 Å². The Bertz CT molecular complexity index is 899. The highest BCUT2D eigenvalue weighted by atomic mass is 19.2. The lowest BCUT2D eigenvalue weighted by atomic mass is 9.83. The summed E-state index contributed by atoms with van der Waals surface area (Å²) in [5.74, 6) is -2.56. The van der Waals surface area contributed by atoms with Crippen LogP contribution in [0.5, 0.6) is 5.75 Å². The lowest BCUT2D eigenvalue weighted by molar-refractivity contribution is 0.415. The van der Waals surface area contributed by atoms with Gasteiger partial charge in [0.1, 0.15) is 5.82 Å². The Morgan fingerprint density at radius 3 is 2.57 bits per heavy atom. The number of rotatable bonds is 6. The molecule has 0 aromatic heterocycles. The highest BCUT2D eigenvalue weighted by Gasteiger charge is 2.21. The summed E-state index contributed by atoms with van der Waals surface area (Å²) in [4.78, 5) is 0. The van der Waals surface area contributed by atoms with E-state index in [2.05, 4.69) is 13.0 Å². The van der Waals surface area contributed by atoms with Crippen LogP contribution in [0.4, 0.5) is 13.2 Å². The van der Waals surface area contributed by atoms with Gasteiger partial charge in [0.05, 0.1) is 6.26 Å². The second-order valence-corrected chi connectivity index (χ2v) is 7.15. The van der Waals surface area contributed by atoms with Crippen molar-refractivity contribution < 1.29 is 17.9 Å². The molecule has 1 aliphatic carbocycles. The standard InChI is InChI=1S/C24H25F3O/c1-3-5-16-6-8-17(9-7-16)19-11-10-18(15-21(19)25)20-12-13-22(28-14-4-2)24(27)23(20)26/h4,6,10-15,17H,3,5,7-9H2,1-2H3. The fraction of sp³-hybridized carbons (Fsp3) is 0.333. The summed E-state index contributed by atoms with van der Waals surface area (Å²) >= 11 is 0. The molecule has 2 aromatic rings. The quantitative estimate of drug-likeness (QED) is 0.365. The van der Waals surface area contributed by atoms with E-state index < -0.39 is 11.6 Å². The molecule has 0 amide bonds. The van der Waals surface area contributed by atoms with Crippen LogP contribution in [0, 0.1) is 17.5 Å². The van der Waals surface area contributed by atoms with Gasteiger partial charge in [-0.05, 0) is 67.9 Å². The van der Waals surface area contributed by atoms with Crippen LogP contribution in [0.15, 0.2) is 54.3 Å². The molecule has 148 valence electrons. The summed E-state index contributed by atoms with van der Waals surface area (Å²) in [5, 5.41) is 0. The predicted molar refractivity (Wildman–Crippen MR) is 107 cm³/mol. The van der Waals surface area contributed by atoms with Crippen molar-refractivity contribution in [3.05, 3.63) is 77.3 Å². The van der Waals surface area contributed by atoms with Gasteiger partial charge < -0.3 is 4.74 Å². The first-order valence-electron chi connectivity index (χ1n) is 9.78. The van der Waals surface area contributed by atoms with E-state index in [-0.39, 0.29) is 23.0 Å². The highest BCUT2D eigenvalue weighted by molar-refractivity contribution is 5.66. The third kappa shape index (κ3) is 4.32. The highest BCUT2D eigenvalue weighted by Crippen LogP contribution is 2.37. The zero-order valence-corrected chi connectivity index (χ0v) is 16.3. The van der Waals surface area contributed by atoms with Crippen molar-refractivity contribution in [2.24, 2.45) is 0 Å². The minimum atomic E-state index is -1.08. The van der Waals surface area contributed by atoms with Gasteiger partial charge in [-0.2, -0.15) is 4.39 Å². The molecular formula is C24H25F3O. The third-order valence-corrected chi connectivity index (χ3v) is 5.21. The fourth-order valence-corrected chi connectivity index (χ4v) is 3.73. The molecule has 3 rings (SSSR count). The predicted octanol–water partition coefficient (Wildman–Crippen LogP) is 7.68. The van der Waals surface area contributed by atoms with Crippen molar-refractivity contribution in [2.75, 3.05) is 0 Å². The summed E-state index contributed by atoms with van der Waals surface area (Å²) in [6.07, 6.45) is 10.0. The van der Waals surface area contributed by atoms with Gasteiger partial charge in [0.2, 0.25) is 5.82 Å². The van der Waals surface area contributed by atoms with Gasteiger partial charge in [0.25, 0.3) is 0 Å². The summed E-state index contributed by atoms with van der Waals surface area (Å²) < 4.78 is 48.5. The zero-order chi connectivity index (χ0) is 20.1. The van der Waals surface area contributed by atoms with Crippen molar-refractivity contribution in [3.63, 3.8) is 0 Å². The molecule has 0 heterocycles. The maximum atomic E-state index is 14.8. The van der Waals surface area contributed by atoms with Crippen LogP contribution >= 0.6 is 0 Å². The molecule has 0 fully saturated rings. The molecule has 0 radical (unpaired) electrons. The zero-order valence-electron chi connectivity index (χ0n) is 16.3. The number of halogens is 3. The summed E-state index contributed by atoms with van der Waals surface area (Å²) in [7, 11) is 0. The molecule has 1 atom stereocenters. The number of allylic oxidation sites excluding steroid dienone is 3. The van der Waals surface area contributed by atoms with E-state index in [9.17, 15) is 13.2 Å². The molecule has 1 aliphatic rings. The smallest absolute Gasteiger partial charge is 0.201 e. The van der Waals surface area contributed by atoms with Gasteiger partial charge in [-0.25, -0.2) is 8.78 Å². The van der Waals surface area contributed by atoms with Crippen molar-refractivity contribution in [1.82, 2.24) is 0 Å². The Hall–Kier alpha value is -2.49. The van der Waals surface area contributed by atoms with Gasteiger partial charge in [-0.1, -0.05) is 43.2 Å². The number of ether oxygens (including phenoxy) is 1. The number of benzene rings is 2. The molecule has 28 heavy (non-hydrogen) atoms. The lowest BCUT2D eigenvalue weighted by Crippen LogP contribution is -2.06. The average Bonchev–Trinajstić information content (AvgIpc) is 2.70. The van der Waals surface area contributed by atoms with Crippen LogP contribution in [0.1, 0.15) is 57.4 Å². The Morgan fingerprint density at radius 2 is 1.93 bits per heavy atom.